The summed E-state index contributed by atoms with van der Waals surface area (Å²) in [5, 5.41) is 14.5. The molecule has 5 nitrogen and oxygen atoms in total. The fourth-order valence-electron chi connectivity index (χ4n) is 2.08. The summed E-state index contributed by atoms with van der Waals surface area (Å²) in [6.07, 6.45) is 0.692. The minimum atomic E-state index is -0.179. The number of hydrogen-bond acceptors (Lipinski definition) is 3. The fraction of sp³-hybridized carbons (Fsp3) is 0.562. The second kappa shape index (κ2) is 9.23. The molecule has 0 aliphatic heterocycles. The van der Waals surface area contributed by atoms with Gasteiger partial charge in [0, 0.05) is 25.6 Å². The number of carbonyl (C=O) groups is 1. The van der Waals surface area contributed by atoms with Gasteiger partial charge in [-0.05, 0) is 24.0 Å². The van der Waals surface area contributed by atoms with Crippen molar-refractivity contribution in [1.29, 1.82) is 0 Å². The maximum atomic E-state index is 11.7. The Kier molecular flexibility index (Phi) is 7.61. The van der Waals surface area contributed by atoms with E-state index in [1.165, 1.54) is 0 Å². The Hall–Kier alpha value is -1.75. The number of methoxy groups -OCH3 is 1. The van der Waals surface area contributed by atoms with Crippen molar-refractivity contribution in [2.24, 2.45) is 5.92 Å². The lowest BCUT2D eigenvalue weighted by molar-refractivity contribution is 0.233. The van der Waals surface area contributed by atoms with Crippen molar-refractivity contribution >= 4 is 6.03 Å². The molecular formula is C16H26N2O3. The van der Waals surface area contributed by atoms with Crippen molar-refractivity contribution in [3.8, 4) is 5.75 Å². The summed E-state index contributed by atoms with van der Waals surface area (Å²) in [6, 6.07) is 7.64. The van der Waals surface area contributed by atoms with Crippen LogP contribution in [-0.4, -0.2) is 37.9 Å². The molecule has 0 saturated heterocycles. The van der Waals surface area contributed by atoms with E-state index >= 15 is 0 Å². The molecule has 3 N–H and O–H groups in total. The monoisotopic (exact) mass is 294 g/mol. The van der Waals surface area contributed by atoms with Crippen molar-refractivity contribution in [3.63, 3.8) is 0 Å². The zero-order chi connectivity index (χ0) is 15.7. The van der Waals surface area contributed by atoms with Crippen LogP contribution in [0.15, 0.2) is 24.3 Å². The largest absolute Gasteiger partial charge is 0.496 e. The van der Waals surface area contributed by atoms with Crippen molar-refractivity contribution < 1.29 is 14.6 Å². The third kappa shape index (κ3) is 6.04. The standard InChI is InChI=1S/C16H26N2O3/c1-12(8-9-19)10-17-16(20)18-11-13(2)14-6-4-5-7-15(14)21-3/h4-7,12-13,19H,8-11H2,1-3H3,(H2,17,18,20). The molecule has 1 rings (SSSR count). The quantitative estimate of drug-likeness (QED) is 0.688. The molecule has 0 aliphatic rings. The normalized spacial score (nSPS) is 13.3. The smallest absolute Gasteiger partial charge is 0.314 e. The summed E-state index contributed by atoms with van der Waals surface area (Å²) in [6.45, 7) is 5.30. The molecule has 0 heterocycles. The maximum Gasteiger partial charge on any atom is 0.314 e. The average Bonchev–Trinajstić information content (AvgIpc) is 2.50. The number of hydrogen-bond donors (Lipinski definition) is 3. The Balaban J connectivity index is 2.38. The Labute approximate surface area is 126 Å². The van der Waals surface area contributed by atoms with E-state index in [2.05, 4.69) is 10.6 Å². The number of ether oxygens (including phenoxy) is 1. The van der Waals surface area contributed by atoms with Gasteiger partial charge in [-0.2, -0.15) is 0 Å². The zero-order valence-corrected chi connectivity index (χ0v) is 13.1. The third-order valence-corrected chi connectivity index (χ3v) is 3.47. The van der Waals surface area contributed by atoms with Gasteiger partial charge in [-0.3, -0.25) is 0 Å². The summed E-state index contributed by atoms with van der Waals surface area (Å²) < 4.78 is 5.33. The highest BCUT2D eigenvalue weighted by Gasteiger charge is 2.12. The highest BCUT2D eigenvalue weighted by atomic mass is 16.5. The van der Waals surface area contributed by atoms with E-state index in [0.717, 1.165) is 11.3 Å². The number of benzene rings is 1. The zero-order valence-electron chi connectivity index (χ0n) is 13.1. The molecule has 118 valence electrons. The number of amides is 2. The first kappa shape index (κ1) is 17.3. The van der Waals surface area contributed by atoms with Crippen molar-refractivity contribution in [2.75, 3.05) is 26.8 Å². The topological polar surface area (TPSA) is 70.6 Å². The third-order valence-electron chi connectivity index (χ3n) is 3.47. The Morgan fingerprint density at radius 1 is 1.24 bits per heavy atom. The van der Waals surface area contributed by atoms with Crippen molar-refractivity contribution in [3.05, 3.63) is 29.8 Å². The number of carbonyl (C=O) groups excluding carboxylic acids is 1. The molecule has 1 aromatic rings. The van der Waals surface area contributed by atoms with Gasteiger partial charge in [-0.25, -0.2) is 4.79 Å². The van der Waals surface area contributed by atoms with Gasteiger partial charge in [-0.15, -0.1) is 0 Å². The van der Waals surface area contributed by atoms with E-state index in [9.17, 15) is 4.79 Å². The molecule has 2 atom stereocenters. The number of rotatable bonds is 8. The van der Waals surface area contributed by atoms with Gasteiger partial charge in [0.1, 0.15) is 5.75 Å². The molecule has 0 aliphatic carbocycles. The van der Waals surface area contributed by atoms with Crippen LogP contribution in [0.25, 0.3) is 0 Å². The summed E-state index contributed by atoms with van der Waals surface area (Å²) >= 11 is 0. The van der Waals surface area contributed by atoms with E-state index in [1.807, 2.05) is 38.1 Å². The lowest BCUT2D eigenvalue weighted by atomic mass is 10.0. The van der Waals surface area contributed by atoms with Crippen LogP contribution in [0.4, 0.5) is 4.79 Å². The maximum absolute atomic E-state index is 11.7. The summed E-state index contributed by atoms with van der Waals surface area (Å²) in [5.41, 5.74) is 1.08. The summed E-state index contributed by atoms with van der Waals surface area (Å²) in [5.74, 6) is 1.28. The molecule has 0 aromatic heterocycles. The summed E-state index contributed by atoms with van der Waals surface area (Å²) in [7, 11) is 1.65. The molecular weight excluding hydrogens is 268 g/mol. The number of aliphatic hydroxyl groups is 1. The predicted octanol–water partition coefficient (Wildman–Crippen LogP) is 2.12. The molecule has 5 heteroatoms. The highest BCUT2D eigenvalue weighted by Crippen LogP contribution is 2.25. The van der Waals surface area contributed by atoms with E-state index in [1.54, 1.807) is 7.11 Å². The average molecular weight is 294 g/mol. The molecule has 2 amide bonds. The second-order valence-electron chi connectivity index (χ2n) is 5.35. The molecule has 0 saturated carbocycles. The fourth-order valence-corrected chi connectivity index (χ4v) is 2.08. The van der Waals surface area contributed by atoms with Crippen LogP contribution >= 0.6 is 0 Å². The van der Waals surface area contributed by atoms with Crippen LogP contribution in [-0.2, 0) is 0 Å². The summed E-state index contributed by atoms with van der Waals surface area (Å²) in [4.78, 5) is 11.7. The number of nitrogens with one attached hydrogen (secondary N) is 2. The molecule has 21 heavy (non-hydrogen) atoms. The molecule has 0 spiro atoms. The van der Waals surface area contributed by atoms with E-state index < -0.39 is 0 Å². The molecule has 0 radical (unpaired) electrons. The number of urea groups is 1. The van der Waals surface area contributed by atoms with Crippen LogP contribution < -0.4 is 15.4 Å². The van der Waals surface area contributed by atoms with Gasteiger partial charge >= 0.3 is 6.03 Å². The Bertz CT molecular complexity index is 437. The molecule has 2 unspecified atom stereocenters. The molecule has 0 bridgehead atoms. The lowest BCUT2D eigenvalue weighted by Crippen LogP contribution is -2.39. The van der Waals surface area contributed by atoms with Crippen LogP contribution in [0.3, 0.4) is 0 Å². The van der Waals surface area contributed by atoms with Crippen LogP contribution in [0.2, 0.25) is 0 Å². The SMILES string of the molecule is COc1ccccc1C(C)CNC(=O)NCC(C)CCO. The van der Waals surface area contributed by atoms with E-state index in [0.29, 0.717) is 19.5 Å². The number of para-hydroxylation sites is 1. The highest BCUT2D eigenvalue weighted by molar-refractivity contribution is 5.73. The second-order valence-corrected chi connectivity index (χ2v) is 5.35. The number of aliphatic hydroxyl groups excluding tert-OH is 1. The molecule has 0 fully saturated rings. The lowest BCUT2D eigenvalue weighted by Gasteiger charge is -2.17. The first-order chi connectivity index (χ1) is 10.1. The van der Waals surface area contributed by atoms with Crippen LogP contribution in [0.1, 0.15) is 31.7 Å². The minimum absolute atomic E-state index is 0.148. The predicted molar refractivity (Wildman–Crippen MR) is 83.7 cm³/mol. The first-order valence-electron chi connectivity index (χ1n) is 7.34. The van der Waals surface area contributed by atoms with Gasteiger partial charge in [-0.1, -0.05) is 32.0 Å². The van der Waals surface area contributed by atoms with Crippen LogP contribution in [0.5, 0.6) is 5.75 Å². The van der Waals surface area contributed by atoms with Crippen LogP contribution in [0, 0.1) is 5.92 Å². The van der Waals surface area contributed by atoms with Gasteiger partial charge < -0.3 is 20.5 Å². The van der Waals surface area contributed by atoms with E-state index in [-0.39, 0.29) is 24.5 Å². The van der Waals surface area contributed by atoms with Gasteiger partial charge in [0.05, 0.1) is 7.11 Å². The first-order valence-corrected chi connectivity index (χ1v) is 7.34. The molecule has 1 aromatic carbocycles. The van der Waals surface area contributed by atoms with E-state index in [4.69, 9.17) is 9.84 Å². The van der Waals surface area contributed by atoms with Crippen molar-refractivity contribution in [1.82, 2.24) is 10.6 Å². The van der Waals surface area contributed by atoms with Gasteiger partial charge in [0.25, 0.3) is 0 Å². The Morgan fingerprint density at radius 2 is 1.90 bits per heavy atom. The minimum Gasteiger partial charge on any atom is -0.496 e. The Morgan fingerprint density at radius 3 is 2.57 bits per heavy atom. The van der Waals surface area contributed by atoms with Gasteiger partial charge in [0.2, 0.25) is 0 Å². The van der Waals surface area contributed by atoms with Gasteiger partial charge in [0.15, 0.2) is 0 Å². The van der Waals surface area contributed by atoms with Crippen molar-refractivity contribution in [2.45, 2.75) is 26.2 Å².